The minimum Gasteiger partial charge on any atom is -0.437 e. The Morgan fingerprint density at radius 1 is 0.906 bits per heavy atom. The van der Waals surface area contributed by atoms with Crippen LogP contribution in [0.4, 0.5) is 38.0 Å². The molecule has 0 aliphatic heterocycles. The molecule has 2 N–H and O–H groups in total. The smallest absolute Gasteiger partial charge is 0.416 e. The minimum absolute atomic E-state index is 0.0307. The van der Waals surface area contributed by atoms with Gasteiger partial charge in [-0.3, -0.25) is 0 Å². The van der Waals surface area contributed by atoms with Crippen molar-refractivity contribution < 1.29 is 31.1 Å². The molecule has 166 valence electrons. The average Bonchev–Trinajstić information content (AvgIpc) is 3.12. The summed E-state index contributed by atoms with van der Waals surface area (Å²) in [5, 5.41) is 2.59. The molecule has 2 aromatic heterocycles. The van der Waals surface area contributed by atoms with Crippen molar-refractivity contribution in [3.05, 3.63) is 70.9 Å². The van der Waals surface area contributed by atoms with Crippen molar-refractivity contribution in [2.75, 3.05) is 5.32 Å². The van der Waals surface area contributed by atoms with Gasteiger partial charge in [-0.25, -0.2) is 9.97 Å². The summed E-state index contributed by atoms with van der Waals surface area (Å²) in [6.45, 7) is 0. The Morgan fingerprint density at radius 3 is 2.38 bits per heavy atom. The van der Waals surface area contributed by atoms with E-state index in [0.717, 1.165) is 24.3 Å². The van der Waals surface area contributed by atoms with Crippen molar-refractivity contribution in [1.29, 1.82) is 0 Å². The number of hydrogen-bond acceptors (Lipinski definition) is 4. The quantitative estimate of drug-likeness (QED) is 0.309. The van der Waals surface area contributed by atoms with Crippen molar-refractivity contribution in [3.8, 4) is 11.6 Å². The molecule has 0 saturated carbocycles. The Labute approximate surface area is 181 Å². The zero-order valence-electron chi connectivity index (χ0n) is 15.6. The van der Waals surface area contributed by atoms with E-state index in [1.807, 2.05) is 0 Å². The fourth-order valence-electron chi connectivity index (χ4n) is 2.84. The maximum atomic E-state index is 13.0. The van der Waals surface area contributed by atoms with Gasteiger partial charge in [0.25, 0.3) is 0 Å². The third kappa shape index (κ3) is 4.57. The van der Waals surface area contributed by atoms with Crippen molar-refractivity contribution >= 4 is 34.3 Å². The molecule has 0 bridgehead atoms. The van der Waals surface area contributed by atoms with E-state index in [9.17, 15) is 26.3 Å². The number of benzene rings is 2. The van der Waals surface area contributed by atoms with Crippen LogP contribution in [0.1, 0.15) is 11.1 Å². The molecule has 4 aromatic rings. The predicted molar refractivity (Wildman–Crippen MR) is 105 cm³/mol. The van der Waals surface area contributed by atoms with Crippen LogP contribution in [-0.2, 0) is 12.4 Å². The number of alkyl halides is 6. The molecule has 5 nitrogen and oxygen atoms in total. The molecule has 0 unspecified atom stereocenters. The molecule has 2 heterocycles. The maximum Gasteiger partial charge on any atom is 0.416 e. The fraction of sp³-hybridized carbons (Fsp3) is 0.100. The molecule has 0 spiro atoms. The second-order valence-electron chi connectivity index (χ2n) is 6.55. The first kappa shape index (κ1) is 21.8. The molecule has 0 saturated heterocycles. The molecule has 0 aliphatic carbocycles. The Morgan fingerprint density at radius 2 is 1.66 bits per heavy atom. The summed E-state index contributed by atoms with van der Waals surface area (Å²) >= 11 is 5.94. The minimum atomic E-state index is -4.59. The number of rotatable bonds is 4. The molecule has 0 atom stereocenters. The number of anilines is 2. The lowest BCUT2D eigenvalue weighted by Crippen LogP contribution is -2.04. The largest absolute Gasteiger partial charge is 0.437 e. The van der Waals surface area contributed by atoms with Crippen LogP contribution in [0.5, 0.6) is 11.6 Å². The Hall–Kier alpha value is -3.47. The van der Waals surface area contributed by atoms with E-state index >= 15 is 0 Å². The van der Waals surface area contributed by atoms with Crippen LogP contribution in [0.3, 0.4) is 0 Å². The summed E-state index contributed by atoms with van der Waals surface area (Å²) in [4.78, 5) is 10.8. The van der Waals surface area contributed by atoms with Crippen molar-refractivity contribution in [1.82, 2.24) is 15.0 Å². The number of ether oxygens (including phenoxy) is 1. The Bertz CT molecular complexity index is 1290. The number of aromatic amines is 1. The summed E-state index contributed by atoms with van der Waals surface area (Å²) in [6.07, 6.45) is -7.78. The Balaban J connectivity index is 1.64. The van der Waals surface area contributed by atoms with Crippen LogP contribution >= 0.6 is 11.6 Å². The third-order valence-corrected chi connectivity index (χ3v) is 4.56. The molecular weight excluding hydrogens is 462 g/mol. The van der Waals surface area contributed by atoms with Crippen LogP contribution in [0.15, 0.2) is 54.7 Å². The van der Waals surface area contributed by atoms with Crippen LogP contribution in [0.2, 0.25) is 5.02 Å². The summed E-state index contributed by atoms with van der Waals surface area (Å²) < 4.78 is 83.3. The number of halogens is 7. The third-order valence-electron chi connectivity index (χ3n) is 4.27. The maximum absolute atomic E-state index is 13.0. The van der Waals surface area contributed by atoms with E-state index in [-0.39, 0.29) is 39.3 Å². The van der Waals surface area contributed by atoms with E-state index in [2.05, 4.69) is 20.3 Å². The Kier molecular flexibility index (Phi) is 5.37. The monoisotopic (exact) mass is 472 g/mol. The van der Waals surface area contributed by atoms with Gasteiger partial charge in [-0.05, 0) is 42.5 Å². The molecule has 4 rings (SSSR count). The van der Waals surface area contributed by atoms with Gasteiger partial charge in [-0.1, -0.05) is 17.7 Å². The number of fused-ring (bicyclic) bond motifs is 1. The SMILES string of the molecule is FC(F)(F)c1cccc(Oc2ncccc2Nc2nc3c(Cl)cc(C(F)(F)F)cc3[nH]2)c1. The second-order valence-corrected chi connectivity index (χ2v) is 6.95. The highest BCUT2D eigenvalue weighted by molar-refractivity contribution is 6.35. The summed E-state index contributed by atoms with van der Waals surface area (Å²) in [5.41, 5.74) is -1.49. The lowest BCUT2D eigenvalue weighted by Gasteiger charge is -2.12. The predicted octanol–water partition coefficient (Wildman–Crippen LogP) is 7.18. The number of imidazole rings is 1. The average molecular weight is 473 g/mol. The first-order valence-corrected chi connectivity index (χ1v) is 9.22. The highest BCUT2D eigenvalue weighted by Gasteiger charge is 2.32. The normalized spacial score (nSPS) is 12.2. The number of nitrogens with zero attached hydrogens (tertiary/aromatic N) is 2. The standard InChI is InChI=1S/C20H11ClF6N4O/c21-13-8-11(20(25,26)27)9-15-16(13)31-18(30-15)29-14-5-2-6-28-17(14)32-12-4-1-3-10(7-12)19(22,23)24/h1-9H,(H2,29,30,31). The van der Waals surface area contributed by atoms with Gasteiger partial charge in [0, 0.05) is 6.20 Å². The summed E-state index contributed by atoms with van der Waals surface area (Å²) in [6, 6.07) is 8.89. The van der Waals surface area contributed by atoms with E-state index in [1.54, 1.807) is 0 Å². The van der Waals surface area contributed by atoms with Gasteiger partial charge in [-0.15, -0.1) is 0 Å². The van der Waals surface area contributed by atoms with E-state index < -0.39 is 23.5 Å². The van der Waals surface area contributed by atoms with Crippen molar-refractivity contribution in [2.45, 2.75) is 12.4 Å². The fourth-order valence-corrected chi connectivity index (χ4v) is 3.10. The van der Waals surface area contributed by atoms with Gasteiger partial charge in [0.15, 0.2) is 0 Å². The zero-order valence-corrected chi connectivity index (χ0v) is 16.4. The van der Waals surface area contributed by atoms with Crippen LogP contribution in [0.25, 0.3) is 11.0 Å². The lowest BCUT2D eigenvalue weighted by molar-refractivity contribution is -0.138. The molecule has 0 radical (unpaired) electrons. The van der Waals surface area contributed by atoms with Gasteiger partial charge >= 0.3 is 12.4 Å². The lowest BCUT2D eigenvalue weighted by atomic mass is 10.2. The molecule has 0 amide bonds. The van der Waals surface area contributed by atoms with E-state index in [4.69, 9.17) is 16.3 Å². The van der Waals surface area contributed by atoms with Gasteiger partial charge in [0.2, 0.25) is 11.8 Å². The number of pyridine rings is 1. The van der Waals surface area contributed by atoms with Gasteiger partial charge in [0.05, 0.1) is 21.7 Å². The van der Waals surface area contributed by atoms with Crippen LogP contribution in [0, 0.1) is 0 Å². The summed E-state index contributed by atoms with van der Waals surface area (Å²) in [5.74, 6) is -0.151. The second kappa shape index (κ2) is 7.90. The van der Waals surface area contributed by atoms with Gasteiger partial charge in [-0.2, -0.15) is 26.3 Å². The number of hydrogen-bond donors (Lipinski definition) is 2. The van der Waals surface area contributed by atoms with E-state index in [0.29, 0.717) is 0 Å². The molecule has 0 fully saturated rings. The topological polar surface area (TPSA) is 62.8 Å². The number of aromatic nitrogens is 3. The first-order valence-electron chi connectivity index (χ1n) is 8.84. The van der Waals surface area contributed by atoms with Crippen LogP contribution in [-0.4, -0.2) is 15.0 Å². The van der Waals surface area contributed by atoms with Gasteiger partial charge in [0.1, 0.15) is 17.0 Å². The molecular formula is C20H11ClF6N4O. The molecule has 32 heavy (non-hydrogen) atoms. The number of nitrogens with one attached hydrogen (secondary N) is 2. The summed E-state index contributed by atoms with van der Waals surface area (Å²) in [7, 11) is 0. The zero-order chi connectivity index (χ0) is 23.1. The van der Waals surface area contributed by atoms with Crippen molar-refractivity contribution in [2.24, 2.45) is 0 Å². The van der Waals surface area contributed by atoms with E-state index in [1.165, 1.54) is 30.5 Å². The van der Waals surface area contributed by atoms with Crippen LogP contribution < -0.4 is 10.1 Å². The van der Waals surface area contributed by atoms with Crippen molar-refractivity contribution in [3.63, 3.8) is 0 Å². The first-order chi connectivity index (χ1) is 15.0. The molecule has 12 heteroatoms. The highest BCUT2D eigenvalue weighted by atomic mass is 35.5. The molecule has 2 aromatic carbocycles. The molecule has 0 aliphatic rings. The number of H-pyrrole nitrogens is 1. The highest BCUT2D eigenvalue weighted by Crippen LogP contribution is 2.37. The van der Waals surface area contributed by atoms with Gasteiger partial charge < -0.3 is 15.0 Å².